The third-order valence-corrected chi connectivity index (χ3v) is 3.75. The Morgan fingerprint density at radius 3 is 2.75 bits per heavy atom. The summed E-state index contributed by atoms with van der Waals surface area (Å²) in [6, 6.07) is 8.05. The number of aromatic nitrogens is 1. The number of hydrogen-bond acceptors (Lipinski definition) is 6. The highest BCUT2D eigenvalue weighted by Crippen LogP contribution is 2.26. The van der Waals surface area contributed by atoms with Gasteiger partial charge in [-0.3, -0.25) is 0 Å². The zero-order valence-electron chi connectivity index (χ0n) is 13.1. The van der Waals surface area contributed by atoms with Gasteiger partial charge in [0.25, 0.3) is 0 Å². The van der Waals surface area contributed by atoms with Gasteiger partial charge in [-0.25, -0.2) is 4.79 Å². The molecule has 2 heterocycles. The van der Waals surface area contributed by atoms with E-state index < -0.39 is 10.5 Å². The van der Waals surface area contributed by atoms with Crippen LogP contribution in [0.4, 0.5) is 5.82 Å². The van der Waals surface area contributed by atoms with Crippen LogP contribution < -0.4 is 10.4 Å². The summed E-state index contributed by atoms with van der Waals surface area (Å²) in [6.45, 7) is 3.88. The van der Waals surface area contributed by atoms with Gasteiger partial charge in [0, 0.05) is 17.0 Å². The van der Waals surface area contributed by atoms with E-state index in [-0.39, 0.29) is 18.2 Å². The fraction of sp³-hybridized carbons (Fsp3) is 0.176. The fourth-order valence-electron chi connectivity index (χ4n) is 2.39. The van der Waals surface area contributed by atoms with Crippen molar-refractivity contribution in [2.45, 2.75) is 20.5 Å². The Morgan fingerprint density at radius 2 is 2.00 bits per heavy atom. The van der Waals surface area contributed by atoms with Crippen molar-refractivity contribution >= 4 is 16.8 Å². The average molecular weight is 326 g/mol. The zero-order valence-corrected chi connectivity index (χ0v) is 13.1. The topological polar surface area (TPSA) is 95.5 Å². The van der Waals surface area contributed by atoms with Crippen LogP contribution in [0.1, 0.15) is 16.7 Å². The van der Waals surface area contributed by atoms with E-state index >= 15 is 0 Å². The van der Waals surface area contributed by atoms with Gasteiger partial charge in [0.05, 0.1) is 0 Å². The molecule has 0 fully saturated rings. The van der Waals surface area contributed by atoms with Crippen molar-refractivity contribution in [3.05, 3.63) is 73.8 Å². The molecule has 0 aliphatic rings. The lowest BCUT2D eigenvalue weighted by molar-refractivity contribution is -0.390. The predicted octanol–water partition coefficient (Wildman–Crippen LogP) is 3.29. The van der Waals surface area contributed by atoms with E-state index in [0.29, 0.717) is 11.1 Å². The Kier molecular flexibility index (Phi) is 3.99. The maximum atomic E-state index is 11.7. The van der Waals surface area contributed by atoms with Gasteiger partial charge in [0.15, 0.2) is 0 Å². The highest BCUT2D eigenvalue weighted by molar-refractivity contribution is 5.81. The molecule has 7 nitrogen and oxygen atoms in total. The van der Waals surface area contributed by atoms with E-state index in [1.54, 1.807) is 12.1 Å². The van der Waals surface area contributed by atoms with Crippen molar-refractivity contribution in [2.75, 3.05) is 0 Å². The molecule has 0 bridgehead atoms. The van der Waals surface area contributed by atoms with E-state index in [2.05, 4.69) is 4.98 Å². The lowest BCUT2D eigenvalue weighted by atomic mass is 10.0. The van der Waals surface area contributed by atoms with Crippen LogP contribution in [0.15, 0.2) is 45.7 Å². The van der Waals surface area contributed by atoms with E-state index in [0.717, 1.165) is 16.5 Å². The van der Waals surface area contributed by atoms with Crippen LogP contribution in [0, 0.1) is 24.0 Å². The minimum absolute atomic E-state index is 0.00284. The third kappa shape index (κ3) is 2.96. The van der Waals surface area contributed by atoms with E-state index in [1.807, 2.05) is 19.9 Å². The van der Waals surface area contributed by atoms with Crippen molar-refractivity contribution in [1.29, 1.82) is 0 Å². The second-order valence-corrected chi connectivity index (χ2v) is 5.39. The molecule has 0 unspecified atom stereocenters. The molecule has 0 amide bonds. The van der Waals surface area contributed by atoms with E-state index in [1.165, 1.54) is 18.3 Å². The van der Waals surface area contributed by atoms with Crippen molar-refractivity contribution in [3.63, 3.8) is 0 Å². The molecule has 2 aromatic heterocycles. The van der Waals surface area contributed by atoms with Crippen molar-refractivity contribution in [1.82, 2.24) is 4.98 Å². The molecule has 3 aromatic rings. The first-order valence-corrected chi connectivity index (χ1v) is 7.22. The van der Waals surface area contributed by atoms with Gasteiger partial charge in [-0.05, 0) is 59.1 Å². The van der Waals surface area contributed by atoms with Crippen LogP contribution in [0.5, 0.6) is 5.75 Å². The number of nitro groups is 1. The maximum absolute atomic E-state index is 11.7. The first kappa shape index (κ1) is 15.7. The number of ether oxygens (including phenoxy) is 1. The highest BCUT2D eigenvalue weighted by Gasteiger charge is 2.16. The summed E-state index contributed by atoms with van der Waals surface area (Å²) in [5.74, 6) is -0.315. The van der Waals surface area contributed by atoms with Gasteiger partial charge in [-0.1, -0.05) is 0 Å². The Hall–Kier alpha value is -3.22. The molecule has 122 valence electrons. The number of benzene rings is 1. The molecule has 24 heavy (non-hydrogen) atoms. The second-order valence-electron chi connectivity index (χ2n) is 5.39. The predicted molar refractivity (Wildman–Crippen MR) is 87.2 cm³/mol. The van der Waals surface area contributed by atoms with Crippen molar-refractivity contribution in [3.8, 4) is 5.75 Å². The minimum atomic E-state index is -0.611. The van der Waals surface area contributed by atoms with Gasteiger partial charge >= 0.3 is 11.4 Å². The lowest BCUT2D eigenvalue weighted by Crippen LogP contribution is -2.06. The number of rotatable bonds is 4. The van der Waals surface area contributed by atoms with E-state index in [9.17, 15) is 14.9 Å². The molecule has 0 saturated heterocycles. The van der Waals surface area contributed by atoms with Crippen LogP contribution in [-0.2, 0) is 6.61 Å². The molecule has 0 aliphatic carbocycles. The summed E-state index contributed by atoms with van der Waals surface area (Å²) in [7, 11) is 0. The molecule has 7 heteroatoms. The molecule has 0 radical (unpaired) electrons. The molecule has 0 spiro atoms. The Balaban J connectivity index is 2.01. The number of hydrogen-bond donors (Lipinski definition) is 0. The Bertz CT molecular complexity index is 994. The zero-order chi connectivity index (χ0) is 17.3. The molecular formula is C17H14N2O5. The van der Waals surface area contributed by atoms with Crippen molar-refractivity contribution < 1.29 is 14.1 Å². The fourth-order valence-corrected chi connectivity index (χ4v) is 2.39. The number of pyridine rings is 1. The molecule has 1 aromatic carbocycles. The van der Waals surface area contributed by atoms with Crippen LogP contribution in [0.3, 0.4) is 0 Å². The first-order chi connectivity index (χ1) is 11.5. The highest BCUT2D eigenvalue weighted by atomic mass is 16.6. The van der Waals surface area contributed by atoms with Gasteiger partial charge in [-0.15, -0.1) is 0 Å². The summed E-state index contributed by atoms with van der Waals surface area (Å²) in [5, 5.41) is 11.7. The Labute approximate surface area is 136 Å². The minimum Gasteiger partial charge on any atom is -0.481 e. The summed E-state index contributed by atoms with van der Waals surface area (Å²) >= 11 is 0. The standard InChI is InChI=1S/C17H14N2O5/c1-10-6-13-12(8-16(20)24-15(13)7-11(10)2)9-23-14-4-3-5-18-17(14)19(21)22/h3-8H,9H2,1-2H3. The monoisotopic (exact) mass is 326 g/mol. The molecule has 0 atom stereocenters. The molecule has 0 aliphatic heterocycles. The third-order valence-electron chi connectivity index (χ3n) is 3.75. The summed E-state index contributed by atoms with van der Waals surface area (Å²) in [4.78, 5) is 25.8. The van der Waals surface area contributed by atoms with Gasteiger partial charge in [-0.2, -0.15) is 0 Å². The van der Waals surface area contributed by atoms with Gasteiger partial charge in [0.2, 0.25) is 5.75 Å². The smallest absolute Gasteiger partial charge is 0.406 e. The average Bonchev–Trinajstić information content (AvgIpc) is 2.54. The second kappa shape index (κ2) is 6.11. The Morgan fingerprint density at radius 1 is 1.25 bits per heavy atom. The molecule has 0 saturated carbocycles. The molecule has 0 N–H and O–H groups in total. The summed E-state index contributed by atoms with van der Waals surface area (Å²) in [5.41, 5.74) is 2.62. The quantitative estimate of drug-likeness (QED) is 0.415. The maximum Gasteiger partial charge on any atom is 0.406 e. The lowest BCUT2D eigenvalue weighted by Gasteiger charge is -2.09. The summed E-state index contributed by atoms with van der Waals surface area (Å²) in [6.07, 6.45) is 1.32. The largest absolute Gasteiger partial charge is 0.481 e. The van der Waals surface area contributed by atoms with Crippen molar-refractivity contribution in [2.24, 2.45) is 0 Å². The normalized spacial score (nSPS) is 10.8. The van der Waals surface area contributed by atoms with Crippen LogP contribution >= 0.6 is 0 Å². The first-order valence-electron chi connectivity index (χ1n) is 7.22. The van der Waals surface area contributed by atoms with Crippen LogP contribution in [-0.4, -0.2) is 9.91 Å². The van der Waals surface area contributed by atoms with Crippen LogP contribution in [0.2, 0.25) is 0 Å². The number of fused-ring (bicyclic) bond motifs is 1. The van der Waals surface area contributed by atoms with Gasteiger partial charge in [0.1, 0.15) is 18.4 Å². The summed E-state index contributed by atoms with van der Waals surface area (Å²) < 4.78 is 10.8. The van der Waals surface area contributed by atoms with Gasteiger partial charge < -0.3 is 19.3 Å². The number of aryl methyl sites for hydroxylation is 2. The SMILES string of the molecule is Cc1cc2oc(=O)cc(COc3cccnc3[N+](=O)[O-])c2cc1C. The van der Waals surface area contributed by atoms with Crippen LogP contribution in [0.25, 0.3) is 11.0 Å². The molecular weight excluding hydrogens is 312 g/mol. The number of nitrogens with zero attached hydrogens (tertiary/aromatic N) is 2. The molecule has 3 rings (SSSR count). The van der Waals surface area contributed by atoms with E-state index in [4.69, 9.17) is 9.15 Å².